The Hall–Kier alpha value is -2.06. The molecule has 0 aliphatic rings. The largest absolute Gasteiger partial charge is 0.461 e. The first-order valence-corrected chi connectivity index (χ1v) is 7.44. The lowest BCUT2D eigenvalue weighted by Gasteiger charge is -2.16. The number of hydrogen-bond acceptors (Lipinski definition) is 2. The summed E-state index contributed by atoms with van der Waals surface area (Å²) in [4.78, 5) is 0. The molecule has 0 aliphatic carbocycles. The fraction of sp³-hybridized carbons (Fsp3) is 0.263. The van der Waals surface area contributed by atoms with Gasteiger partial charge in [0.15, 0.2) is 0 Å². The van der Waals surface area contributed by atoms with Gasteiger partial charge in [-0.15, -0.1) is 0 Å². The van der Waals surface area contributed by atoms with Crippen LogP contribution in [0.3, 0.4) is 0 Å². The molecule has 1 aromatic heterocycles. The van der Waals surface area contributed by atoms with E-state index in [0.29, 0.717) is 0 Å². The Morgan fingerprint density at radius 3 is 2.57 bits per heavy atom. The molecule has 108 valence electrons. The van der Waals surface area contributed by atoms with Crippen LogP contribution in [0.2, 0.25) is 0 Å². The molecule has 0 amide bonds. The topological polar surface area (TPSA) is 39.2 Å². The number of furan rings is 1. The van der Waals surface area contributed by atoms with Crippen LogP contribution in [0.1, 0.15) is 41.0 Å². The predicted molar refractivity (Wildman–Crippen MR) is 87.5 cm³/mol. The first-order chi connectivity index (χ1) is 10.1. The average Bonchev–Trinajstić information content (AvgIpc) is 2.85. The van der Waals surface area contributed by atoms with Gasteiger partial charge >= 0.3 is 0 Å². The normalized spacial score (nSPS) is 12.8. The second kappa shape index (κ2) is 5.38. The summed E-state index contributed by atoms with van der Waals surface area (Å²) in [5, 5.41) is 1.13. The lowest BCUT2D eigenvalue weighted by molar-refractivity contribution is 0.546. The Labute approximate surface area is 125 Å². The number of aryl methyl sites for hydroxylation is 3. The molecule has 0 spiro atoms. The molecule has 0 radical (unpaired) electrons. The Morgan fingerprint density at radius 2 is 1.86 bits per heavy atom. The maximum Gasteiger partial charge on any atom is 0.134 e. The molecule has 2 nitrogen and oxygen atoms in total. The Balaban J connectivity index is 2.18. The average molecular weight is 279 g/mol. The van der Waals surface area contributed by atoms with Crippen molar-refractivity contribution in [3.63, 3.8) is 0 Å². The molecular formula is C19H21NO. The van der Waals surface area contributed by atoms with Gasteiger partial charge in [-0.1, -0.05) is 48.9 Å². The van der Waals surface area contributed by atoms with E-state index in [9.17, 15) is 0 Å². The third-order valence-corrected chi connectivity index (χ3v) is 4.10. The highest BCUT2D eigenvalue weighted by molar-refractivity contribution is 5.83. The van der Waals surface area contributed by atoms with E-state index in [-0.39, 0.29) is 6.04 Å². The molecule has 2 heteroatoms. The van der Waals surface area contributed by atoms with E-state index in [2.05, 4.69) is 45.0 Å². The molecule has 1 atom stereocenters. The van der Waals surface area contributed by atoms with Crippen molar-refractivity contribution < 1.29 is 4.42 Å². The van der Waals surface area contributed by atoms with Gasteiger partial charge in [0.25, 0.3) is 0 Å². The third kappa shape index (κ3) is 2.36. The van der Waals surface area contributed by atoms with Crippen molar-refractivity contribution in [1.29, 1.82) is 0 Å². The van der Waals surface area contributed by atoms with Crippen molar-refractivity contribution in [3.05, 3.63) is 70.5 Å². The van der Waals surface area contributed by atoms with Gasteiger partial charge in [-0.2, -0.15) is 0 Å². The minimum atomic E-state index is -0.149. The minimum Gasteiger partial charge on any atom is -0.461 e. The van der Waals surface area contributed by atoms with E-state index < -0.39 is 0 Å². The van der Waals surface area contributed by atoms with Crippen LogP contribution in [0, 0.1) is 13.8 Å². The van der Waals surface area contributed by atoms with Crippen molar-refractivity contribution in [2.75, 3.05) is 0 Å². The van der Waals surface area contributed by atoms with Crippen LogP contribution in [0.4, 0.5) is 0 Å². The van der Waals surface area contributed by atoms with Crippen molar-refractivity contribution in [3.8, 4) is 0 Å². The van der Waals surface area contributed by atoms with E-state index in [1.165, 1.54) is 16.7 Å². The van der Waals surface area contributed by atoms with Crippen molar-refractivity contribution >= 4 is 11.0 Å². The Kier molecular flexibility index (Phi) is 3.56. The summed E-state index contributed by atoms with van der Waals surface area (Å²) in [5.41, 5.74) is 12.3. The smallest absolute Gasteiger partial charge is 0.134 e. The van der Waals surface area contributed by atoms with E-state index in [0.717, 1.165) is 28.7 Å². The van der Waals surface area contributed by atoms with Gasteiger partial charge in [-0.3, -0.25) is 0 Å². The molecule has 0 fully saturated rings. The number of rotatable bonds is 3. The highest BCUT2D eigenvalue weighted by atomic mass is 16.3. The van der Waals surface area contributed by atoms with Crippen molar-refractivity contribution in [2.24, 2.45) is 5.73 Å². The Morgan fingerprint density at radius 1 is 1.10 bits per heavy atom. The van der Waals surface area contributed by atoms with Gasteiger partial charge in [-0.25, -0.2) is 0 Å². The maximum atomic E-state index is 6.59. The molecule has 0 saturated heterocycles. The molecule has 3 aromatic rings. The molecule has 2 N–H and O–H groups in total. The van der Waals surface area contributed by atoms with E-state index in [1.54, 1.807) is 0 Å². The molecule has 1 heterocycles. The third-order valence-electron chi connectivity index (χ3n) is 4.10. The Bertz CT molecular complexity index is 785. The summed E-state index contributed by atoms with van der Waals surface area (Å²) in [5.74, 6) is 0.990. The van der Waals surface area contributed by atoms with Crippen molar-refractivity contribution in [1.82, 2.24) is 0 Å². The van der Waals surface area contributed by atoms with E-state index in [1.807, 2.05) is 18.2 Å². The molecule has 1 unspecified atom stereocenters. The first-order valence-electron chi connectivity index (χ1n) is 7.44. The van der Waals surface area contributed by atoms with Gasteiger partial charge in [0.2, 0.25) is 0 Å². The standard InChI is InChI=1S/C19H21NO/c1-4-16-18(15-7-5-6-8-17(15)21-16)19(20)14-10-9-12(2)11-13(14)3/h5-11,19H,4,20H2,1-3H3. The van der Waals surface area contributed by atoms with E-state index >= 15 is 0 Å². The summed E-state index contributed by atoms with van der Waals surface area (Å²) in [6, 6.07) is 14.4. The molecular weight excluding hydrogens is 258 g/mol. The lowest BCUT2D eigenvalue weighted by Crippen LogP contribution is -2.14. The molecule has 0 saturated carbocycles. The quantitative estimate of drug-likeness (QED) is 0.757. The van der Waals surface area contributed by atoms with Crippen LogP contribution in [-0.2, 0) is 6.42 Å². The number of hydrogen-bond donors (Lipinski definition) is 1. The second-order valence-electron chi connectivity index (χ2n) is 5.63. The van der Waals surface area contributed by atoms with Gasteiger partial charge in [0.1, 0.15) is 11.3 Å². The number of benzene rings is 2. The molecule has 0 aliphatic heterocycles. The predicted octanol–water partition coefficient (Wildman–Crippen LogP) is 4.66. The summed E-state index contributed by atoms with van der Waals surface area (Å²) in [6.45, 7) is 6.33. The SMILES string of the molecule is CCc1oc2ccccc2c1C(N)c1ccc(C)cc1C. The molecule has 21 heavy (non-hydrogen) atoms. The molecule has 3 rings (SSSR count). The zero-order chi connectivity index (χ0) is 15.0. The van der Waals surface area contributed by atoms with Crippen LogP contribution >= 0.6 is 0 Å². The monoisotopic (exact) mass is 279 g/mol. The fourth-order valence-corrected chi connectivity index (χ4v) is 3.05. The number of nitrogens with two attached hydrogens (primary N) is 1. The number of para-hydroxylation sites is 1. The van der Waals surface area contributed by atoms with Crippen LogP contribution in [0.5, 0.6) is 0 Å². The first kappa shape index (κ1) is 13.9. The van der Waals surface area contributed by atoms with Crippen LogP contribution < -0.4 is 5.73 Å². The summed E-state index contributed by atoms with van der Waals surface area (Å²) < 4.78 is 5.97. The highest BCUT2D eigenvalue weighted by Crippen LogP contribution is 2.34. The highest BCUT2D eigenvalue weighted by Gasteiger charge is 2.21. The maximum absolute atomic E-state index is 6.59. The van der Waals surface area contributed by atoms with Gasteiger partial charge in [0.05, 0.1) is 6.04 Å². The summed E-state index contributed by atoms with van der Waals surface area (Å²) >= 11 is 0. The zero-order valence-electron chi connectivity index (χ0n) is 12.8. The molecule has 2 aromatic carbocycles. The lowest BCUT2D eigenvalue weighted by atomic mass is 9.92. The fourth-order valence-electron chi connectivity index (χ4n) is 3.05. The zero-order valence-corrected chi connectivity index (χ0v) is 12.8. The van der Waals surface area contributed by atoms with E-state index in [4.69, 9.17) is 10.2 Å². The summed E-state index contributed by atoms with van der Waals surface area (Å²) in [6.07, 6.45) is 0.850. The van der Waals surface area contributed by atoms with Gasteiger partial charge < -0.3 is 10.2 Å². The minimum absolute atomic E-state index is 0.149. The number of fused-ring (bicyclic) bond motifs is 1. The second-order valence-corrected chi connectivity index (χ2v) is 5.63. The van der Waals surface area contributed by atoms with Crippen LogP contribution in [0.15, 0.2) is 46.9 Å². The van der Waals surface area contributed by atoms with Gasteiger partial charge in [0, 0.05) is 17.4 Å². The molecule has 0 bridgehead atoms. The summed E-state index contributed by atoms with van der Waals surface area (Å²) in [7, 11) is 0. The van der Waals surface area contributed by atoms with Crippen LogP contribution in [0.25, 0.3) is 11.0 Å². The van der Waals surface area contributed by atoms with Crippen molar-refractivity contribution in [2.45, 2.75) is 33.2 Å². The van der Waals surface area contributed by atoms with Crippen LogP contribution in [-0.4, -0.2) is 0 Å². The van der Waals surface area contributed by atoms with Gasteiger partial charge in [-0.05, 0) is 31.0 Å².